The molecular weight excluding hydrogens is 293 g/mol. The molecule has 0 amide bonds. The summed E-state index contributed by atoms with van der Waals surface area (Å²) in [5, 5.41) is 0. The fraction of sp³-hybridized carbons (Fsp3) is 1.00. The molecule has 18 heavy (non-hydrogen) atoms. The Balaban J connectivity index is 2.73. The Labute approximate surface area is 110 Å². The quantitative estimate of drug-likeness (QED) is 0.741. The first-order chi connectivity index (χ1) is 8.16. The summed E-state index contributed by atoms with van der Waals surface area (Å²) in [5.41, 5.74) is 0. The van der Waals surface area contributed by atoms with Crippen LogP contribution in [0, 0.1) is 5.92 Å². The highest BCUT2D eigenvalue weighted by atomic mass is 35.5. The number of hydrogen-bond acceptors (Lipinski definition) is 2. The molecule has 0 aromatic rings. The molecule has 1 rings (SSSR count). The van der Waals surface area contributed by atoms with E-state index in [4.69, 9.17) is 11.6 Å². The van der Waals surface area contributed by atoms with Gasteiger partial charge in [0.15, 0.2) is 0 Å². The Morgan fingerprint density at radius 3 is 2.56 bits per heavy atom. The van der Waals surface area contributed by atoms with Crippen LogP contribution < -0.4 is 0 Å². The van der Waals surface area contributed by atoms with Crippen molar-refractivity contribution in [2.45, 2.75) is 19.0 Å². The second-order valence-corrected chi connectivity index (χ2v) is 6.74. The average molecular weight is 309 g/mol. The van der Waals surface area contributed by atoms with Crippen LogP contribution in [0.2, 0.25) is 0 Å². The van der Waals surface area contributed by atoms with Crippen LogP contribution in [0.1, 0.15) is 12.8 Å². The van der Waals surface area contributed by atoms with Crippen LogP contribution in [0.5, 0.6) is 0 Å². The van der Waals surface area contributed by atoms with Crippen molar-refractivity contribution < 1.29 is 21.6 Å². The van der Waals surface area contributed by atoms with Gasteiger partial charge in [0.1, 0.15) is 6.54 Å². The van der Waals surface area contributed by atoms with E-state index in [-0.39, 0.29) is 19.0 Å². The molecule has 1 atom stereocenters. The fourth-order valence-electron chi connectivity index (χ4n) is 1.89. The number of rotatable bonds is 4. The number of hydrogen-bond donors (Lipinski definition) is 0. The molecule has 0 bridgehead atoms. The fourth-order valence-corrected chi connectivity index (χ4v) is 3.61. The molecule has 108 valence electrons. The molecule has 1 aliphatic heterocycles. The van der Waals surface area contributed by atoms with Gasteiger partial charge in [0.25, 0.3) is 10.2 Å². The zero-order valence-electron chi connectivity index (χ0n) is 9.95. The summed E-state index contributed by atoms with van der Waals surface area (Å²) >= 11 is 5.67. The lowest BCUT2D eigenvalue weighted by molar-refractivity contribution is -0.134. The minimum absolute atomic E-state index is 0.00878. The Morgan fingerprint density at radius 2 is 2.06 bits per heavy atom. The Bertz CT molecular complexity index is 374. The first-order valence-corrected chi connectivity index (χ1v) is 7.44. The van der Waals surface area contributed by atoms with E-state index < -0.39 is 22.9 Å². The third-order valence-corrected chi connectivity index (χ3v) is 5.16. The molecule has 0 aliphatic carbocycles. The molecule has 1 aliphatic rings. The molecule has 9 heteroatoms. The van der Waals surface area contributed by atoms with Gasteiger partial charge < -0.3 is 0 Å². The maximum absolute atomic E-state index is 12.2. The molecule has 0 saturated carbocycles. The van der Waals surface area contributed by atoms with E-state index in [2.05, 4.69) is 0 Å². The van der Waals surface area contributed by atoms with Gasteiger partial charge >= 0.3 is 6.18 Å². The molecule has 0 aromatic carbocycles. The van der Waals surface area contributed by atoms with Gasteiger partial charge in [-0.25, -0.2) is 0 Å². The predicted molar refractivity (Wildman–Crippen MR) is 62.6 cm³/mol. The summed E-state index contributed by atoms with van der Waals surface area (Å²) in [6, 6.07) is 0. The minimum atomic E-state index is -4.54. The van der Waals surface area contributed by atoms with E-state index in [1.54, 1.807) is 0 Å². The molecule has 0 aromatic heterocycles. The van der Waals surface area contributed by atoms with Crippen molar-refractivity contribution in [2.24, 2.45) is 5.92 Å². The third-order valence-electron chi connectivity index (χ3n) is 2.82. The normalized spacial score (nSPS) is 23.6. The molecule has 1 unspecified atom stereocenters. The second kappa shape index (κ2) is 5.94. The topological polar surface area (TPSA) is 40.6 Å². The zero-order chi connectivity index (χ0) is 14.0. The molecule has 1 fully saturated rings. The second-order valence-electron chi connectivity index (χ2n) is 4.40. The van der Waals surface area contributed by atoms with Crippen molar-refractivity contribution in [3.63, 3.8) is 0 Å². The predicted octanol–water partition coefficient (Wildman–Crippen LogP) is 1.68. The van der Waals surface area contributed by atoms with E-state index in [0.717, 1.165) is 17.8 Å². The number of alkyl halides is 4. The zero-order valence-corrected chi connectivity index (χ0v) is 11.5. The van der Waals surface area contributed by atoms with Gasteiger partial charge in [-0.3, -0.25) is 0 Å². The van der Waals surface area contributed by atoms with Crippen LogP contribution in [0.15, 0.2) is 0 Å². The van der Waals surface area contributed by atoms with Crippen LogP contribution in [-0.2, 0) is 10.2 Å². The highest BCUT2D eigenvalue weighted by Crippen LogP contribution is 2.23. The number of nitrogens with zero attached hydrogens (tertiary/aromatic N) is 2. The summed E-state index contributed by atoms with van der Waals surface area (Å²) in [5.74, 6) is 0.323. The molecule has 1 heterocycles. The van der Waals surface area contributed by atoms with E-state index in [1.807, 2.05) is 0 Å². The summed E-state index contributed by atoms with van der Waals surface area (Å²) in [6.07, 6.45) is -3.11. The lowest BCUT2D eigenvalue weighted by Gasteiger charge is -2.33. The summed E-state index contributed by atoms with van der Waals surface area (Å²) in [4.78, 5) is 0. The van der Waals surface area contributed by atoms with Crippen LogP contribution >= 0.6 is 11.6 Å². The van der Waals surface area contributed by atoms with Crippen molar-refractivity contribution in [3.8, 4) is 0 Å². The van der Waals surface area contributed by atoms with Crippen LogP contribution in [0.25, 0.3) is 0 Å². The highest BCUT2D eigenvalue weighted by Gasteiger charge is 2.38. The lowest BCUT2D eigenvalue weighted by atomic mass is 10.0. The first-order valence-electron chi connectivity index (χ1n) is 5.51. The van der Waals surface area contributed by atoms with E-state index in [1.165, 1.54) is 0 Å². The monoisotopic (exact) mass is 308 g/mol. The standard InChI is InChI=1S/C9H16ClF3N2O2S/c1-14(7-9(11,12)13)18(16,17)15-4-2-3-8(5-10)6-15/h8H,2-7H2,1H3. The van der Waals surface area contributed by atoms with Crippen LogP contribution in [-0.4, -0.2) is 55.8 Å². The largest absolute Gasteiger partial charge is 0.402 e. The maximum atomic E-state index is 12.2. The molecule has 4 nitrogen and oxygen atoms in total. The van der Waals surface area contributed by atoms with Crippen molar-refractivity contribution >= 4 is 21.8 Å². The average Bonchev–Trinajstić information content (AvgIpc) is 2.27. The van der Waals surface area contributed by atoms with Crippen molar-refractivity contribution in [1.29, 1.82) is 0 Å². The molecule has 0 N–H and O–H groups in total. The molecule has 0 spiro atoms. The van der Waals surface area contributed by atoms with Crippen LogP contribution in [0.3, 0.4) is 0 Å². The van der Waals surface area contributed by atoms with Gasteiger partial charge in [0.05, 0.1) is 0 Å². The number of piperidine rings is 1. The van der Waals surface area contributed by atoms with Gasteiger partial charge in [-0.1, -0.05) is 0 Å². The molecule has 0 radical (unpaired) electrons. The summed E-state index contributed by atoms with van der Waals surface area (Å²) < 4.78 is 61.9. The van der Waals surface area contributed by atoms with E-state index >= 15 is 0 Å². The van der Waals surface area contributed by atoms with Gasteiger partial charge in [-0.15, -0.1) is 11.6 Å². The minimum Gasteiger partial charge on any atom is -0.195 e. The Kier molecular flexibility index (Phi) is 5.28. The Morgan fingerprint density at radius 1 is 1.44 bits per heavy atom. The van der Waals surface area contributed by atoms with E-state index in [9.17, 15) is 21.6 Å². The van der Waals surface area contributed by atoms with Crippen molar-refractivity contribution in [3.05, 3.63) is 0 Å². The van der Waals surface area contributed by atoms with Gasteiger partial charge in [-0.05, 0) is 18.8 Å². The highest BCUT2D eigenvalue weighted by molar-refractivity contribution is 7.86. The molecular formula is C9H16ClF3N2O2S. The molecule has 1 saturated heterocycles. The lowest BCUT2D eigenvalue weighted by Crippen LogP contribution is -2.49. The maximum Gasteiger partial charge on any atom is 0.402 e. The van der Waals surface area contributed by atoms with Crippen molar-refractivity contribution in [2.75, 3.05) is 32.6 Å². The third kappa shape index (κ3) is 4.25. The number of halogens is 4. The summed E-state index contributed by atoms with van der Waals surface area (Å²) in [6.45, 7) is -1.04. The van der Waals surface area contributed by atoms with Gasteiger partial charge in [0, 0.05) is 26.0 Å². The smallest absolute Gasteiger partial charge is 0.195 e. The SMILES string of the molecule is CN(CC(F)(F)F)S(=O)(=O)N1CCCC(CCl)C1. The van der Waals surface area contributed by atoms with Crippen LogP contribution in [0.4, 0.5) is 13.2 Å². The Hall–Kier alpha value is -0.0500. The van der Waals surface area contributed by atoms with Crippen molar-refractivity contribution in [1.82, 2.24) is 8.61 Å². The first kappa shape index (κ1) is 16.0. The van der Waals surface area contributed by atoms with Gasteiger partial charge in [-0.2, -0.15) is 30.2 Å². The van der Waals surface area contributed by atoms with Gasteiger partial charge in [0.2, 0.25) is 0 Å². The van der Waals surface area contributed by atoms with E-state index in [0.29, 0.717) is 16.6 Å². The summed E-state index contributed by atoms with van der Waals surface area (Å²) in [7, 11) is -3.11.